The monoisotopic (exact) mass is 201 g/mol. The minimum Gasteiger partial charge on any atom is -0.269 e. The molecule has 0 fully saturated rings. The minimum absolute atomic E-state index is 0.576. The van der Waals surface area contributed by atoms with Gasteiger partial charge in [0.25, 0.3) is 0 Å². The molecule has 0 aromatic heterocycles. The Hall–Kier alpha value is -1.37. The average molecular weight is 201 g/mol. The molecule has 1 aromatic carbocycles. The fourth-order valence-electron chi connectivity index (χ4n) is 1.41. The van der Waals surface area contributed by atoms with Crippen molar-refractivity contribution in [3.8, 4) is 0 Å². The molecule has 1 heteroatoms. The smallest absolute Gasteiger partial charge is 0.0269 e. The van der Waals surface area contributed by atoms with Crippen LogP contribution in [0.5, 0.6) is 0 Å². The number of rotatable bonds is 3. The number of hydrogen-bond donors (Lipinski definition) is 0. The van der Waals surface area contributed by atoms with Gasteiger partial charge in [0.05, 0.1) is 0 Å². The van der Waals surface area contributed by atoms with Gasteiger partial charge in [-0.3, -0.25) is 4.99 Å². The van der Waals surface area contributed by atoms with Gasteiger partial charge in [0.2, 0.25) is 0 Å². The van der Waals surface area contributed by atoms with E-state index in [1.165, 1.54) is 16.7 Å². The fourth-order valence-corrected chi connectivity index (χ4v) is 1.41. The van der Waals surface area contributed by atoms with Gasteiger partial charge in [-0.2, -0.15) is 0 Å². The van der Waals surface area contributed by atoms with Crippen LogP contribution in [0.4, 0.5) is 0 Å². The molecule has 0 bridgehead atoms. The van der Waals surface area contributed by atoms with Crippen molar-refractivity contribution < 1.29 is 0 Å². The summed E-state index contributed by atoms with van der Waals surface area (Å²) in [5.41, 5.74) is 3.93. The Morgan fingerprint density at radius 3 is 2.60 bits per heavy atom. The second kappa shape index (κ2) is 5.50. The van der Waals surface area contributed by atoms with Crippen LogP contribution in [0.3, 0.4) is 0 Å². The molecule has 0 atom stereocenters. The van der Waals surface area contributed by atoms with Crippen LogP contribution in [0.15, 0.2) is 29.4 Å². The summed E-state index contributed by atoms with van der Waals surface area (Å²) >= 11 is 0. The molecular weight excluding hydrogens is 182 g/mol. The topological polar surface area (TPSA) is 12.4 Å². The zero-order valence-electron chi connectivity index (χ0n) is 9.99. The van der Waals surface area contributed by atoms with Crippen LogP contribution in [0.2, 0.25) is 0 Å². The van der Waals surface area contributed by atoms with Crippen molar-refractivity contribution in [3.63, 3.8) is 0 Å². The first-order valence-corrected chi connectivity index (χ1v) is 5.40. The first kappa shape index (κ1) is 11.7. The molecule has 0 amide bonds. The molecule has 15 heavy (non-hydrogen) atoms. The van der Waals surface area contributed by atoms with Gasteiger partial charge < -0.3 is 0 Å². The highest BCUT2D eigenvalue weighted by Gasteiger charge is 2.00. The summed E-state index contributed by atoms with van der Waals surface area (Å²) in [4.78, 5) is 4.08. The molecule has 1 aromatic rings. The summed E-state index contributed by atoms with van der Waals surface area (Å²) in [7, 11) is 0. The van der Waals surface area contributed by atoms with Crippen LogP contribution in [0.1, 0.15) is 43.4 Å². The quantitative estimate of drug-likeness (QED) is 0.650. The van der Waals surface area contributed by atoms with E-state index in [1.807, 2.05) is 13.1 Å². The SMILES string of the molecule is CC=N/C=C\c1cc(C(C)C)ccc1C. The predicted molar refractivity (Wildman–Crippen MR) is 68.5 cm³/mol. The number of hydrogen-bond acceptors (Lipinski definition) is 1. The molecule has 0 radical (unpaired) electrons. The van der Waals surface area contributed by atoms with Crippen molar-refractivity contribution in [2.45, 2.75) is 33.6 Å². The van der Waals surface area contributed by atoms with E-state index in [4.69, 9.17) is 0 Å². The van der Waals surface area contributed by atoms with Gasteiger partial charge in [-0.25, -0.2) is 0 Å². The van der Waals surface area contributed by atoms with Crippen LogP contribution < -0.4 is 0 Å². The second-order valence-corrected chi connectivity index (χ2v) is 3.99. The van der Waals surface area contributed by atoms with Gasteiger partial charge in [0, 0.05) is 12.4 Å². The molecule has 0 aliphatic carbocycles. The Bertz CT molecular complexity index is 373. The van der Waals surface area contributed by atoms with Gasteiger partial charge in [-0.15, -0.1) is 0 Å². The Kier molecular flexibility index (Phi) is 4.29. The van der Waals surface area contributed by atoms with Gasteiger partial charge >= 0.3 is 0 Å². The molecule has 0 saturated heterocycles. The minimum atomic E-state index is 0.576. The highest BCUT2D eigenvalue weighted by molar-refractivity contribution is 5.59. The van der Waals surface area contributed by atoms with Crippen LogP contribution in [0.25, 0.3) is 6.08 Å². The molecule has 0 spiro atoms. The number of aryl methyl sites for hydroxylation is 1. The lowest BCUT2D eigenvalue weighted by Crippen LogP contribution is -1.89. The molecule has 1 rings (SSSR count). The lowest BCUT2D eigenvalue weighted by Gasteiger charge is -2.08. The Labute approximate surface area is 92.6 Å². The summed E-state index contributed by atoms with van der Waals surface area (Å²) in [5.74, 6) is 0.576. The standard InChI is InChI=1S/C14H19N/c1-5-15-9-8-14-10-13(11(2)3)7-6-12(14)4/h5-11H,1-4H3/b9-8-,15-5?. The zero-order valence-corrected chi connectivity index (χ0v) is 9.99. The van der Waals surface area contributed by atoms with E-state index in [2.05, 4.69) is 50.0 Å². The van der Waals surface area contributed by atoms with E-state index in [1.54, 1.807) is 6.21 Å². The van der Waals surface area contributed by atoms with E-state index in [0.29, 0.717) is 5.92 Å². The van der Waals surface area contributed by atoms with Gasteiger partial charge in [0.1, 0.15) is 0 Å². The number of aliphatic imine (C=N–C) groups is 1. The predicted octanol–water partition coefficient (Wildman–Crippen LogP) is 4.18. The van der Waals surface area contributed by atoms with Crippen molar-refractivity contribution in [2.24, 2.45) is 4.99 Å². The van der Waals surface area contributed by atoms with Crippen LogP contribution in [-0.2, 0) is 0 Å². The summed E-state index contributed by atoms with van der Waals surface area (Å²) < 4.78 is 0. The lowest BCUT2D eigenvalue weighted by molar-refractivity contribution is 0.865. The average Bonchev–Trinajstić information content (AvgIpc) is 2.20. The van der Waals surface area contributed by atoms with Crippen LogP contribution in [-0.4, -0.2) is 6.21 Å². The van der Waals surface area contributed by atoms with Crippen LogP contribution in [0, 0.1) is 6.92 Å². The van der Waals surface area contributed by atoms with Crippen molar-refractivity contribution in [1.29, 1.82) is 0 Å². The molecule has 0 N–H and O–H groups in total. The maximum absolute atomic E-state index is 4.08. The molecule has 80 valence electrons. The third kappa shape index (κ3) is 3.35. The van der Waals surface area contributed by atoms with E-state index >= 15 is 0 Å². The van der Waals surface area contributed by atoms with Crippen LogP contribution >= 0.6 is 0 Å². The van der Waals surface area contributed by atoms with Crippen molar-refractivity contribution in [2.75, 3.05) is 0 Å². The van der Waals surface area contributed by atoms with E-state index in [-0.39, 0.29) is 0 Å². The van der Waals surface area contributed by atoms with Crippen molar-refractivity contribution >= 4 is 12.3 Å². The first-order valence-electron chi connectivity index (χ1n) is 5.40. The molecule has 0 saturated carbocycles. The third-order valence-corrected chi connectivity index (χ3v) is 2.46. The van der Waals surface area contributed by atoms with Gasteiger partial charge in [-0.05, 0) is 42.5 Å². The third-order valence-electron chi connectivity index (χ3n) is 2.46. The largest absolute Gasteiger partial charge is 0.269 e. The lowest BCUT2D eigenvalue weighted by atomic mass is 9.98. The summed E-state index contributed by atoms with van der Waals surface area (Å²) in [6.45, 7) is 8.46. The highest BCUT2D eigenvalue weighted by atomic mass is 14.6. The maximum atomic E-state index is 4.08. The number of benzene rings is 1. The normalized spacial score (nSPS) is 12.1. The Morgan fingerprint density at radius 2 is 2.00 bits per heavy atom. The molecule has 0 aliphatic heterocycles. The van der Waals surface area contributed by atoms with Crippen molar-refractivity contribution in [1.82, 2.24) is 0 Å². The van der Waals surface area contributed by atoms with E-state index < -0.39 is 0 Å². The van der Waals surface area contributed by atoms with Crippen molar-refractivity contribution in [3.05, 3.63) is 41.1 Å². The highest BCUT2D eigenvalue weighted by Crippen LogP contribution is 2.19. The molecule has 0 heterocycles. The summed E-state index contributed by atoms with van der Waals surface area (Å²) in [5, 5.41) is 0. The Balaban J connectivity index is 3.00. The fraction of sp³-hybridized carbons (Fsp3) is 0.357. The van der Waals surface area contributed by atoms with Gasteiger partial charge in [-0.1, -0.05) is 32.0 Å². The van der Waals surface area contributed by atoms with E-state index in [9.17, 15) is 0 Å². The number of nitrogens with zero attached hydrogens (tertiary/aromatic N) is 1. The molecular formula is C14H19N. The Morgan fingerprint density at radius 1 is 1.27 bits per heavy atom. The first-order chi connectivity index (χ1) is 7.15. The maximum Gasteiger partial charge on any atom is 0.0269 e. The summed E-state index contributed by atoms with van der Waals surface area (Å²) in [6.07, 6.45) is 5.69. The molecule has 1 nitrogen and oxygen atoms in total. The molecule has 0 unspecified atom stereocenters. The van der Waals surface area contributed by atoms with E-state index in [0.717, 1.165) is 0 Å². The molecule has 0 aliphatic rings. The van der Waals surface area contributed by atoms with Gasteiger partial charge in [0.15, 0.2) is 0 Å². The summed E-state index contributed by atoms with van der Waals surface area (Å²) in [6, 6.07) is 6.60. The second-order valence-electron chi connectivity index (χ2n) is 3.99. The zero-order chi connectivity index (χ0) is 11.3.